The van der Waals surface area contributed by atoms with Gasteiger partial charge >= 0.3 is 0 Å². The second-order valence-corrected chi connectivity index (χ2v) is 3.57. The van der Waals surface area contributed by atoms with Crippen molar-refractivity contribution in [3.8, 4) is 0 Å². The van der Waals surface area contributed by atoms with Crippen LogP contribution in [-0.2, 0) is 16.2 Å². The third kappa shape index (κ3) is 4.29. The zero-order chi connectivity index (χ0) is 11.3. The number of halogens is 1. The van der Waals surface area contributed by atoms with Gasteiger partial charge in [0.1, 0.15) is 6.61 Å². The van der Waals surface area contributed by atoms with Crippen molar-refractivity contribution < 1.29 is 9.63 Å². The Balaban J connectivity index is 2.38. The molecule has 0 saturated heterocycles. The van der Waals surface area contributed by atoms with Crippen LogP contribution in [0.5, 0.6) is 0 Å². The topological polar surface area (TPSA) is 64.3 Å². The SMILES string of the molecule is Cc1cc(CNOCC(N)=O)ccc1Cl. The summed E-state index contributed by atoms with van der Waals surface area (Å²) in [7, 11) is 0. The summed E-state index contributed by atoms with van der Waals surface area (Å²) in [6.07, 6.45) is 0. The molecule has 0 spiro atoms. The van der Waals surface area contributed by atoms with Gasteiger partial charge in [-0.1, -0.05) is 23.7 Å². The molecule has 1 rings (SSSR count). The van der Waals surface area contributed by atoms with Gasteiger partial charge in [0.25, 0.3) is 0 Å². The van der Waals surface area contributed by atoms with Crippen LogP contribution in [0.4, 0.5) is 0 Å². The zero-order valence-corrected chi connectivity index (χ0v) is 9.17. The van der Waals surface area contributed by atoms with E-state index in [0.717, 1.165) is 16.1 Å². The number of hydrogen-bond donors (Lipinski definition) is 2. The lowest BCUT2D eigenvalue weighted by Gasteiger charge is -2.05. The summed E-state index contributed by atoms with van der Waals surface area (Å²) in [6.45, 7) is 2.30. The molecule has 3 N–H and O–H groups in total. The Morgan fingerprint density at radius 2 is 2.33 bits per heavy atom. The van der Waals surface area contributed by atoms with Gasteiger partial charge in [0.2, 0.25) is 5.91 Å². The maximum Gasteiger partial charge on any atom is 0.245 e. The van der Waals surface area contributed by atoms with Crippen molar-refractivity contribution in [2.75, 3.05) is 6.61 Å². The van der Waals surface area contributed by atoms with E-state index in [1.165, 1.54) is 0 Å². The Morgan fingerprint density at radius 3 is 2.93 bits per heavy atom. The second kappa shape index (κ2) is 5.70. The van der Waals surface area contributed by atoms with Gasteiger partial charge < -0.3 is 5.73 Å². The van der Waals surface area contributed by atoms with Gasteiger partial charge in [0.15, 0.2) is 0 Å². The number of primary amides is 1. The van der Waals surface area contributed by atoms with Crippen LogP contribution in [-0.4, -0.2) is 12.5 Å². The van der Waals surface area contributed by atoms with E-state index in [1.807, 2.05) is 25.1 Å². The van der Waals surface area contributed by atoms with Crippen molar-refractivity contribution >= 4 is 17.5 Å². The molecule has 0 aliphatic carbocycles. The molecule has 0 radical (unpaired) electrons. The van der Waals surface area contributed by atoms with Gasteiger partial charge in [-0.05, 0) is 24.1 Å². The summed E-state index contributed by atoms with van der Waals surface area (Å²) in [5, 5.41) is 0.733. The monoisotopic (exact) mass is 228 g/mol. The first-order valence-electron chi connectivity index (χ1n) is 4.47. The third-order valence-corrected chi connectivity index (χ3v) is 2.24. The smallest absolute Gasteiger partial charge is 0.245 e. The Labute approximate surface area is 93.3 Å². The third-order valence-electron chi connectivity index (χ3n) is 1.82. The number of carbonyl (C=O) groups is 1. The molecular formula is C10H13ClN2O2. The minimum atomic E-state index is -0.505. The highest BCUT2D eigenvalue weighted by Gasteiger charge is 1.98. The number of rotatable bonds is 5. The number of amides is 1. The summed E-state index contributed by atoms with van der Waals surface area (Å²) >= 11 is 5.87. The van der Waals surface area contributed by atoms with E-state index in [4.69, 9.17) is 22.2 Å². The van der Waals surface area contributed by atoms with Crippen molar-refractivity contribution in [1.82, 2.24) is 5.48 Å². The van der Waals surface area contributed by atoms with Crippen LogP contribution in [0.3, 0.4) is 0 Å². The van der Waals surface area contributed by atoms with E-state index in [1.54, 1.807) is 0 Å². The molecular weight excluding hydrogens is 216 g/mol. The maximum absolute atomic E-state index is 10.3. The first kappa shape index (κ1) is 12.0. The number of nitrogens with one attached hydrogen (secondary N) is 1. The van der Waals surface area contributed by atoms with E-state index in [9.17, 15) is 4.79 Å². The van der Waals surface area contributed by atoms with Crippen LogP contribution < -0.4 is 11.2 Å². The van der Waals surface area contributed by atoms with E-state index in [-0.39, 0.29) is 6.61 Å². The molecule has 0 aromatic heterocycles. The number of nitrogens with two attached hydrogens (primary N) is 1. The minimum Gasteiger partial charge on any atom is -0.368 e. The van der Waals surface area contributed by atoms with Crippen LogP contribution in [0, 0.1) is 6.92 Å². The van der Waals surface area contributed by atoms with Gasteiger partial charge in [-0.2, -0.15) is 5.48 Å². The molecule has 0 heterocycles. The van der Waals surface area contributed by atoms with Crippen LogP contribution in [0.25, 0.3) is 0 Å². The molecule has 1 amide bonds. The average molecular weight is 229 g/mol. The maximum atomic E-state index is 10.3. The Morgan fingerprint density at radius 1 is 1.60 bits per heavy atom. The van der Waals surface area contributed by atoms with E-state index in [2.05, 4.69) is 5.48 Å². The summed E-state index contributed by atoms with van der Waals surface area (Å²) in [4.78, 5) is 15.2. The van der Waals surface area contributed by atoms with Crippen molar-refractivity contribution in [1.29, 1.82) is 0 Å². The quantitative estimate of drug-likeness (QED) is 0.587. The first-order valence-corrected chi connectivity index (χ1v) is 4.85. The molecule has 0 saturated carbocycles. The molecule has 0 aliphatic rings. The molecule has 0 unspecified atom stereocenters. The van der Waals surface area contributed by atoms with E-state index in [0.29, 0.717) is 6.54 Å². The standard InChI is InChI=1S/C10H13ClN2O2/c1-7-4-8(2-3-9(7)11)5-13-15-6-10(12)14/h2-4,13H,5-6H2,1H3,(H2,12,14). The summed E-state index contributed by atoms with van der Waals surface area (Å²) in [6, 6.07) is 5.65. The normalized spacial score (nSPS) is 10.3. The van der Waals surface area contributed by atoms with Crippen molar-refractivity contribution in [3.05, 3.63) is 34.3 Å². The van der Waals surface area contributed by atoms with Crippen LogP contribution >= 0.6 is 11.6 Å². The number of hydrogen-bond acceptors (Lipinski definition) is 3. The van der Waals surface area contributed by atoms with E-state index >= 15 is 0 Å². The summed E-state index contributed by atoms with van der Waals surface area (Å²) in [5.74, 6) is -0.505. The highest BCUT2D eigenvalue weighted by atomic mass is 35.5. The number of aryl methyl sites for hydroxylation is 1. The van der Waals surface area contributed by atoms with Gasteiger partial charge in [-0.25, -0.2) is 0 Å². The predicted octanol–water partition coefficient (Wildman–Crippen LogP) is 1.15. The lowest BCUT2D eigenvalue weighted by Crippen LogP contribution is -2.24. The van der Waals surface area contributed by atoms with Crippen molar-refractivity contribution in [2.45, 2.75) is 13.5 Å². The van der Waals surface area contributed by atoms with Gasteiger partial charge in [0.05, 0.1) is 0 Å². The Hall–Kier alpha value is -1.10. The highest BCUT2D eigenvalue weighted by molar-refractivity contribution is 6.31. The van der Waals surface area contributed by atoms with Crippen LogP contribution in [0.15, 0.2) is 18.2 Å². The Bertz CT molecular complexity index is 355. The molecule has 1 aromatic carbocycles. The summed E-state index contributed by atoms with van der Waals surface area (Å²) < 4.78 is 0. The fraction of sp³-hybridized carbons (Fsp3) is 0.300. The lowest BCUT2D eigenvalue weighted by molar-refractivity contribution is -0.125. The molecule has 0 fully saturated rings. The van der Waals surface area contributed by atoms with Crippen molar-refractivity contribution in [3.63, 3.8) is 0 Å². The average Bonchev–Trinajstić information content (AvgIpc) is 2.18. The largest absolute Gasteiger partial charge is 0.368 e. The molecule has 0 bridgehead atoms. The minimum absolute atomic E-state index is 0.132. The second-order valence-electron chi connectivity index (χ2n) is 3.16. The molecule has 5 heteroatoms. The van der Waals surface area contributed by atoms with Crippen molar-refractivity contribution in [2.24, 2.45) is 5.73 Å². The van der Waals surface area contributed by atoms with Crippen LogP contribution in [0.1, 0.15) is 11.1 Å². The molecule has 4 nitrogen and oxygen atoms in total. The van der Waals surface area contributed by atoms with Gasteiger partial charge in [0, 0.05) is 11.6 Å². The fourth-order valence-electron chi connectivity index (χ4n) is 1.07. The summed E-state index contributed by atoms with van der Waals surface area (Å²) in [5.41, 5.74) is 9.56. The number of carbonyl (C=O) groups excluding carboxylic acids is 1. The van der Waals surface area contributed by atoms with E-state index < -0.39 is 5.91 Å². The first-order chi connectivity index (χ1) is 7.09. The zero-order valence-electron chi connectivity index (χ0n) is 8.42. The van der Waals surface area contributed by atoms with Gasteiger partial charge in [-0.15, -0.1) is 0 Å². The number of benzene rings is 1. The molecule has 0 aliphatic heterocycles. The molecule has 0 atom stereocenters. The Kier molecular flexibility index (Phi) is 4.55. The van der Waals surface area contributed by atoms with Gasteiger partial charge in [-0.3, -0.25) is 9.63 Å². The molecule has 15 heavy (non-hydrogen) atoms. The lowest BCUT2D eigenvalue weighted by atomic mass is 10.1. The predicted molar refractivity (Wildman–Crippen MR) is 58.2 cm³/mol. The molecule has 82 valence electrons. The number of hydroxylamine groups is 1. The molecule has 1 aromatic rings. The van der Waals surface area contributed by atoms with Crippen LogP contribution in [0.2, 0.25) is 5.02 Å². The fourth-order valence-corrected chi connectivity index (χ4v) is 1.19. The highest BCUT2D eigenvalue weighted by Crippen LogP contribution is 2.15.